The minimum absolute atomic E-state index is 0.0988. The Bertz CT molecular complexity index is 237. The van der Waals surface area contributed by atoms with E-state index in [2.05, 4.69) is 4.74 Å². The predicted molar refractivity (Wildman–Crippen MR) is 36.1 cm³/mol. The van der Waals surface area contributed by atoms with Crippen molar-refractivity contribution in [2.45, 2.75) is 18.4 Å². The molecule has 5 heteroatoms. The maximum Gasteiger partial charge on any atom is 0.342 e. The van der Waals surface area contributed by atoms with Crippen molar-refractivity contribution in [1.82, 2.24) is 0 Å². The Labute approximate surface area is 67.6 Å². The molecule has 1 aliphatic rings. The summed E-state index contributed by atoms with van der Waals surface area (Å²) >= 11 is 0. The van der Waals surface area contributed by atoms with E-state index in [9.17, 15) is 13.6 Å². The minimum atomic E-state index is -3.45. The van der Waals surface area contributed by atoms with E-state index in [1.807, 2.05) is 0 Å². The molecule has 1 unspecified atom stereocenters. The van der Waals surface area contributed by atoms with Gasteiger partial charge in [-0.25, -0.2) is 4.79 Å². The molecule has 0 aromatic rings. The van der Waals surface area contributed by atoms with Gasteiger partial charge in [-0.15, -0.1) is 0 Å². The molecule has 0 fully saturated rings. The highest BCUT2D eigenvalue weighted by Crippen LogP contribution is 2.36. The van der Waals surface area contributed by atoms with Crippen molar-refractivity contribution in [3.05, 3.63) is 12.2 Å². The molecular weight excluding hydrogens is 170 g/mol. The van der Waals surface area contributed by atoms with E-state index in [0.29, 0.717) is 6.08 Å². The molecule has 0 aliphatic carbocycles. The summed E-state index contributed by atoms with van der Waals surface area (Å²) in [5.74, 6) is -5.10. The number of hydrogen-bond acceptors (Lipinski definition) is 2. The van der Waals surface area contributed by atoms with Gasteiger partial charge in [0.15, 0.2) is 0 Å². The lowest BCUT2D eigenvalue weighted by atomic mass is 9.96. The number of alkyl halides is 2. The van der Waals surface area contributed by atoms with Crippen LogP contribution in [-0.2, 0) is 9.53 Å². The van der Waals surface area contributed by atoms with Gasteiger partial charge in [-0.3, -0.25) is 0 Å². The first-order valence-corrected chi connectivity index (χ1v) is 3.33. The first-order valence-electron chi connectivity index (χ1n) is 3.33. The van der Waals surface area contributed by atoms with E-state index in [4.69, 9.17) is 5.11 Å². The van der Waals surface area contributed by atoms with Crippen LogP contribution >= 0.6 is 0 Å². The predicted octanol–water partition coefficient (Wildman–Crippen LogP) is 1.05. The van der Waals surface area contributed by atoms with Crippen LogP contribution in [-0.4, -0.2) is 29.2 Å². The minimum Gasteiger partial charge on any atom is -0.479 e. The van der Waals surface area contributed by atoms with Gasteiger partial charge in [0.2, 0.25) is 5.60 Å². The van der Waals surface area contributed by atoms with Gasteiger partial charge in [0, 0.05) is 0 Å². The second-order valence-electron chi connectivity index (χ2n) is 2.67. The molecule has 68 valence electrons. The van der Waals surface area contributed by atoms with Crippen LogP contribution in [0.5, 0.6) is 0 Å². The fourth-order valence-corrected chi connectivity index (χ4v) is 0.870. The lowest BCUT2D eigenvalue weighted by Gasteiger charge is -2.33. The zero-order valence-corrected chi connectivity index (χ0v) is 6.38. The smallest absolute Gasteiger partial charge is 0.342 e. The first kappa shape index (κ1) is 9.12. The number of carboxylic acids is 1. The SMILES string of the molecule is CC1(C(=O)O)OCC=CC1(F)F. The average molecular weight is 178 g/mol. The molecule has 1 atom stereocenters. The van der Waals surface area contributed by atoms with E-state index in [1.54, 1.807) is 0 Å². The van der Waals surface area contributed by atoms with Crippen molar-refractivity contribution in [3.8, 4) is 0 Å². The van der Waals surface area contributed by atoms with Crippen LogP contribution in [0.3, 0.4) is 0 Å². The van der Waals surface area contributed by atoms with Gasteiger partial charge >= 0.3 is 11.9 Å². The fourth-order valence-electron chi connectivity index (χ4n) is 0.870. The number of ether oxygens (including phenoxy) is 1. The quantitative estimate of drug-likeness (QED) is 0.610. The summed E-state index contributed by atoms with van der Waals surface area (Å²) in [4.78, 5) is 10.5. The Hall–Kier alpha value is -0.970. The number of aliphatic carboxylic acids is 1. The Kier molecular flexibility index (Phi) is 1.91. The van der Waals surface area contributed by atoms with Gasteiger partial charge in [-0.2, -0.15) is 8.78 Å². The summed E-state index contributed by atoms with van der Waals surface area (Å²) in [5, 5.41) is 8.49. The van der Waals surface area contributed by atoms with Crippen LogP contribution in [0, 0.1) is 0 Å². The van der Waals surface area contributed by atoms with Crippen LogP contribution in [0.2, 0.25) is 0 Å². The molecule has 0 spiro atoms. The molecule has 0 radical (unpaired) electrons. The highest BCUT2D eigenvalue weighted by molar-refractivity contribution is 5.79. The summed E-state index contributed by atoms with van der Waals surface area (Å²) in [6, 6.07) is 0. The molecule has 1 heterocycles. The van der Waals surface area contributed by atoms with Crippen LogP contribution in [0.4, 0.5) is 8.78 Å². The maximum absolute atomic E-state index is 12.9. The van der Waals surface area contributed by atoms with E-state index >= 15 is 0 Å². The Morgan fingerprint density at radius 1 is 1.67 bits per heavy atom. The van der Waals surface area contributed by atoms with Gasteiger partial charge in [-0.1, -0.05) is 6.08 Å². The van der Waals surface area contributed by atoms with Crippen LogP contribution < -0.4 is 0 Å². The molecule has 0 bridgehead atoms. The topological polar surface area (TPSA) is 46.5 Å². The standard InChI is InChI=1S/C7H8F2O3/c1-6(5(10)11)7(8,9)3-2-4-12-6/h2-3H,4H2,1H3,(H,10,11). The highest BCUT2D eigenvalue weighted by atomic mass is 19.3. The van der Waals surface area contributed by atoms with Crippen LogP contribution in [0.1, 0.15) is 6.92 Å². The van der Waals surface area contributed by atoms with E-state index in [0.717, 1.165) is 13.0 Å². The van der Waals surface area contributed by atoms with Crippen LogP contribution in [0.15, 0.2) is 12.2 Å². The molecule has 0 saturated carbocycles. The fraction of sp³-hybridized carbons (Fsp3) is 0.571. The van der Waals surface area contributed by atoms with Crippen molar-refractivity contribution in [2.75, 3.05) is 6.61 Å². The zero-order chi connectivity index (χ0) is 9.41. The Morgan fingerprint density at radius 3 is 2.58 bits per heavy atom. The van der Waals surface area contributed by atoms with Crippen molar-refractivity contribution in [2.24, 2.45) is 0 Å². The summed E-state index contributed by atoms with van der Waals surface area (Å²) in [6.07, 6.45) is 1.66. The normalized spacial score (nSPS) is 33.2. The summed E-state index contributed by atoms with van der Waals surface area (Å²) in [6.45, 7) is 0.761. The number of rotatable bonds is 1. The maximum atomic E-state index is 12.9. The summed E-state index contributed by atoms with van der Waals surface area (Å²) < 4.78 is 30.3. The average Bonchev–Trinajstić information content (AvgIpc) is 1.95. The van der Waals surface area contributed by atoms with E-state index < -0.39 is 17.5 Å². The molecule has 3 nitrogen and oxygen atoms in total. The van der Waals surface area contributed by atoms with Gasteiger partial charge in [0.25, 0.3) is 0 Å². The highest BCUT2D eigenvalue weighted by Gasteiger charge is 2.57. The monoisotopic (exact) mass is 178 g/mol. The largest absolute Gasteiger partial charge is 0.479 e. The molecule has 1 aliphatic heterocycles. The molecule has 1 N–H and O–H groups in total. The van der Waals surface area contributed by atoms with Gasteiger partial charge < -0.3 is 9.84 Å². The summed E-state index contributed by atoms with van der Waals surface area (Å²) in [5.41, 5.74) is -2.43. The van der Waals surface area contributed by atoms with Crippen LogP contribution in [0.25, 0.3) is 0 Å². The van der Waals surface area contributed by atoms with Gasteiger partial charge in [-0.05, 0) is 13.0 Å². The first-order chi connectivity index (χ1) is 5.40. The number of carbonyl (C=O) groups is 1. The van der Waals surface area contributed by atoms with E-state index in [-0.39, 0.29) is 6.61 Å². The van der Waals surface area contributed by atoms with Crippen molar-refractivity contribution < 1.29 is 23.4 Å². The van der Waals surface area contributed by atoms with E-state index in [1.165, 1.54) is 0 Å². The molecule has 0 saturated heterocycles. The molecule has 12 heavy (non-hydrogen) atoms. The molecule has 0 amide bonds. The van der Waals surface area contributed by atoms with Crippen molar-refractivity contribution >= 4 is 5.97 Å². The number of hydrogen-bond donors (Lipinski definition) is 1. The van der Waals surface area contributed by atoms with Gasteiger partial charge in [0.1, 0.15) is 0 Å². The lowest BCUT2D eigenvalue weighted by Crippen LogP contribution is -2.54. The lowest BCUT2D eigenvalue weighted by molar-refractivity contribution is -0.204. The van der Waals surface area contributed by atoms with Gasteiger partial charge in [0.05, 0.1) is 6.61 Å². The third-order valence-electron chi connectivity index (χ3n) is 1.84. The third-order valence-corrected chi connectivity index (χ3v) is 1.84. The second-order valence-corrected chi connectivity index (χ2v) is 2.67. The van der Waals surface area contributed by atoms with Crippen molar-refractivity contribution in [1.29, 1.82) is 0 Å². The second kappa shape index (κ2) is 2.52. The molecule has 0 aromatic heterocycles. The Balaban J connectivity index is 3.04. The molecule has 1 rings (SSSR count). The Morgan fingerprint density at radius 2 is 2.25 bits per heavy atom. The number of carboxylic acid groups (broad SMARTS) is 1. The number of halogens is 2. The third kappa shape index (κ3) is 1.10. The zero-order valence-electron chi connectivity index (χ0n) is 6.38. The molecular formula is C7H8F2O3. The van der Waals surface area contributed by atoms with Crippen molar-refractivity contribution in [3.63, 3.8) is 0 Å². The summed E-state index contributed by atoms with van der Waals surface area (Å²) in [7, 11) is 0. The molecule has 0 aromatic carbocycles.